The second kappa shape index (κ2) is 7.66. The predicted octanol–water partition coefficient (Wildman–Crippen LogP) is 4.72. The Morgan fingerprint density at radius 3 is 2.10 bits per heavy atom. The van der Waals surface area contributed by atoms with Gasteiger partial charge in [-0.2, -0.15) is 0 Å². The molecule has 0 radical (unpaired) electrons. The molecule has 0 saturated heterocycles. The van der Waals surface area contributed by atoms with E-state index in [1.165, 1.54) is 0 Å². The Kier molecular flexibility index (Phi) is 7.26. The van der Waals surface area contributed by atoms with Crippen molar-refractivity contribution in [3.8, 4) is 0 Å². The third-order valence-corrected chi connectivity index (χ3v) is 3.43. The first kappa shape index (κ1) is 18.9. The average molecular weight is 279 g/mol. The zero-order chi connectivity index (χ0) is 16.0. The number of carbonyl (C=O) groups is 1. The number of carbonyl (C=O) groups excluding carboxylic acids is 1. The molecule has 2 atom stereocenters. The van der Waals surface area contributed by atoms with E-state index < -0.39 is 0 Å². The summed E-state index contributed by atoms with van der Waals surface area (Å²) in [5, 5.41) is 3.16. The Balaban J connectivity index is 4.96. The summed E-state index contributed by atoms with van der Waals surface area (Å²) in [7, 11) is 0. The molecule has 0 aromatic rings. The fourth-order valence-electron chi connectivity index (χ4n) is 2.19. The van der Waals surface area contributed by atoms with Crippen molar-refractivity contribution in [3.05, 3.63) is 24.8 Å². The van der Waals surface area contributed by atoms with Crippen LogP contribution >= 0.6 is 0 Å². The molecular weight excluding hydrogens is 246 g/mol. The maximum Gasteiger partial charge on any atom is 0.224 e. The van der Waals surface area contributed by atoms with Gasteiger partial charge in [-0.3, -0.25) is 4.79 Å². The van der Waals surface area contributed by atoms with Gasteiger partial charge in [0.05, 0.1) is 0 Å². The molecule has 20 heavy (non-hydrogen) atoms. The van der Waals surface area contributed by atoms with Crippen LogP contribution in [0.1, 0.15) is 61.3 Å². The van der Waals surface area contributed by atoms with Crippen molar-refractivity contribution in [2.45, 2.75) is 67.3 Å². The average Bonchev–Trinajstić information content (AvgIpc) is 2.28. The van der Waals surface area contributed by atoms with Crippen molar-refractivity contribution in [1.29, 1.82) is 0 Å². The SMILES string of the molecule is C=CC=CC(CC)NC(=O)C(CC(C)(C)C)C(C)(C)C. The number of amides is 1. The Hall–Kier alpha value is -1.05. The van der Waals surface area contributed by atoms with Crippen molar-refractivity contribution in [1.82, 2.24) is 5.32 Å². The molecule has 0 fully saturated rings. The number of hydrogen-bond acceptors (Lipinski definition) is 1. The molecule has 0 saturated carbocycles. The molecule has 0 spiro atoms. The summed E-state index contributed by atoms with van der Waals surface area (Å²) in [5.41, 5.74) is 0.117. The number of nitrogens with one attached hydrogen (secondary N) is 1. The van der Waals surface area contributed by atoms with E-state index in [1.54, 1.807) is 6.08 Å². The second-order valence-electron chi connectivity index (χ2n) is 7.83. The fourth-order valence-corrected chi connectivity index (χ4v) is 2.19. The van der Waals surface area contributed by atoms with Gasteiger partial charge in [-0.15, -0.1) is 0 Å². The van der Waals surface area contributed by atoms with Crippen LogP contribution < -0.4 is 5.32 Å². The normalized spacial score (nSPS) is 15.9. The van der Waals surface area contributed by atoms with Crippen molar-refractivity contribution in [3.63, 3.8) is 0 Å². The van der Waals surface area contributed by atoms with Crippen LogP contribution in [0.15, 0.2) is 24.8 Å². The molecule has 0 aliphatic rings. The zero-order valence-electron chi connectivity index (χ0n) is 14.4. The lowest BCUT2D eigenvalue weighted by atomic mass is 9.71. The summed E-state index contributed by atoms with van der Waals surface area (Å²) in [6, 6.07) is 0.0883. The van der Waals surface area contributed by atoms with Gasteiger partial charge in [0.25, 0.3) is 0 Å². The highest BCUT2D eigenvalue weighted by Crippen LogP contribution is 2.36. The van der Waals surface area contributed by atoms with Gasteiger partial charge in [-0.1, -0.05) is 73.3 Å². The van der Waals surface area contributed by atoms with E-state index in [0.717, 1.165) is 12.8 Å². The molecule has 0 heterocycles. The van der Waals surface area contributed by atoms with Gasteiger partial charge in [-0.25, -0.2) is 0 Å². The molecular formula is C18H33NO. The smallest absolute Gasteiger partial charge is 0.224 e. The fraction of sp³-hybridized carbons (Fsp3) is 0.722. The number of allylic oxidation sites excluding steroid dienone is 2. The van der Waals surface area contributed by atoms with E-state index in [2.05, 4.69) is 60.4 Å². The van der Waals surface area contributed by atoms with Gasteiger partial charge in [0.1, 0.15) is 0 Å². The van der Waals surface area contributed by atoms with Crippen molar-refractivity contribution in [2.75, 3.05) is 0 Å². The standard InChI is InChI=1S/C18H33NO/c1-9-11-12-14(10-2)19-16(20)15(18(6,7)8)13-17(3,4)5/h9,11-12,14-15H,1,10,13H2,2-8H3,(H,19,20). The third kappa shape index (κ3) is 7.52. The molecule has 0 aromatic heterocycles. The summed E-state index contributed by atoms with van der Waals surface area (Å²) >= 11 is 0. The maximum absolute atomic E-state index is 12.6. The van der Waals surface area contributed by atoms with Crippen LogP contribution in [0, 0.1) is 16.7 Å². The molecule has 1 N–H and O–H groups in total. The minimum atomic E-state index is -0.0300. The van der Waals surface area contributed by atoms with Crippen molar-refractivity contribution < 1.29 is 4.79 Å². The summed E-state index contributed by atoms with van der Waals surface area (Å²) in [6.45, 7) is 18.7. The monoisotopic (exact) mass is 279 g/mol. The van der Waals surface area contributed by atoms with Crippen LogP contribution in [-0.2, 0) is 4.79 Å². The van der Waals surface area contributed by atoms with Crippen LogP contribution in [0.2, 0.25) is 0 Å². The first-order valence-electron chi connectivity index (χ1n) is 7.61. The predicted molar refractivity (Wildman–Crippen MR) is 88.6 cm³/mol. The van der Waals surface area contributed by atoms with E-state index in [4.69, 9.17) is 0 Å². The summed E-state index contributed by atoms with van der Waals surface area (Å²) in [6.07, 6.45) is 7.42. The maximum atomic E-state index is 12.6. The van der Waals surface area contributed by atoms with E-state index in [1.807, 2.05) is 12.2 Å². The largest absolute Gasteiger partial charge is 0.350 e. The van der Waals surface area contributed by atoms with Gasteiger partial charge >= 0.3 is 0 Å². The Labute approximate surface area is 125 Å². The summed E-state index contributed by atoms with van der Waals surface area (Å²) in [5.74, 6) is 0.182. The molecule has 0 bridgehead atoms. The van der Waals surface area contributed by atoms with E-state index in [-0.39, 0.29) is 28.7 Å². The first-order valence-corrected chi connectivity index (χ1v) is 7.61. The minimum Gasteiger partial charge on any atom is -0.350 e. The number of rotatable bonds is 6. The highest BCUT2D eigenvalue weighted by Gasteiger charge is 2.34. The summed E-state index contributed by atoms with van der Waals surface area (Å²) < 4.78 is 0. The lowest BCUT2D eigenvalue weighted by Crippen LogP contribution is -2.43. The third-order valence-electron chi connectivity index (χ3n) is 3.43. The molecule has 0 aliphatic heterocycles. The molecule has 1 amide bonds. The molecule has 2 unspecified atom stereocenters. The van der Waals surface area contributed by atoms with Crippen molar-refractivity contribution >= 4 is 5.91 Å². The van der Waals surface area contributed by atoms with Crippen LogP contribution in [0.25, 0.3) is 0 Å². The highest BCUT2D eigenvalue weighted by atomic mass is 16.2. The summed E-state index contributed by atoms with van der Waals surface area (Å²) in [4.78, 5) is 12.6. The zero-order valence-corrected chi connectivity index (χ0v) is 14.4. The molecule has 0 aromatic carbocycles. The lowest BCUT2D eigenvalue weighted by Gasteiger charge is -2.35. The first-order chi connectivity index (χ1) is 9.01. The Bertz CT molecular complexity index is 341. The van der Waals surface area contributed by atoms with Crippen molar-refractivity contribution in [2.24, 2.45) is 16.7 Å². The molecule has 0 aliphatic carbocycles. The Morgan fingerprint density at radius 1 is 1.20 bits per heavy atom. The van der Waals surface area contributed by atoms with Crippen LogP contribution in [0.3, 0.4) is 0 Å². The Morgan fingerprint density at radius 2 is 1.75 bits per heavy atom. The van der Waals surface area contributed by atoms with E-state index >= 15 is 0 Å². The molecule has 116 valence electrons. The van der Waals surface area contributed by atoms with Gasteiger partial charge in [0, 0.05) is 12.0 Å². The number of hydrogen-bond donors (Lipinski definition) is 1. The quantitative estimate of drug-likeness (QED) is 0.700. The highest BCUT2D eigenvalue weighted by molar-refractivity contribution is 5.80. The topological polar surface area (TPSA) is 29.1 Å². The lowest BCUT2D eigenvalue weighted by molar-refractivity contribution is -0.130. The second-order valence-corrected chi connectivity index (χ2v) is 7.83. The van der Waals surface area contributed by atoms with E-state index in [9.17, 15) is 4.79 Å². The van der Waals surface area contributed by atoms with Gasteiger partial charge in [0.2, 0.25) is 5.91 Å². The van der Waals surface area contributed by atoms with Crippen LogP contribution in [-0.4, -0.2) is 11.9 Å². The van der Waals surface area contributed by atoms with Gasteiger partial charge in [0.15, 0.2) is 0 Å². The van der Waals surface area contributed by atoms with E-state index in [0.29, 0.717) is 0 Å². The molecule has 0 rings (SSSR count). The van der Waals surface area contributed by atoms with Crippen LogP contribution in [0.4, 0.5) is 0 Å². The minimum absolute atomic E-state index is 0.0219. The van der Waals surface area contributed by atoms with Gasteiger partial charge in [-0.05, 0) is 23.7 Å². The molecule has 2 heteroatoms. The van der Waals surface area contributed by atoms with Gasteiger partial charge < -0.3 is 5.32 Å². The van der Waals surface area contributed by atoms with Crippen LogP contribution in [0.5, 0.6) is 0 Å². The molecule has 2 nitrogen and oxygen atoms in total.